The number of rotatable bonds is 5. The van der Waals surface area contributed by atoms with Crippen LogP contribution in [0.15, 0.2) is 47.5 Å². The molecule has 2 N–H and O–H groups in total. The molecule has 7 heteroatoms. The molecule has 1 atom stereocenters. The molecule has 0 fully saturated rings. The molecule has 0 saturated carbocycles. The van der Waals surface area contributed by atoms with Gasteiger partial charge in [-0.05, 0) is 35.9 Å². The molecule has 2 aromatic rings. The highest BCUT2D eigenvalue weighted by Gasteiger charge is 2.23. The van der Waals surface area contributed by atoms with Crippen LogP contribution in [0.3, 0.4) is 0 Å². The largest absolute Gasteiger partial charge is 0.477 e. The number of benzene rings is 2. The van der Waals surface area contributed by atoms with E-state index in [0.717, 1.165) is 0 Å². The molecule has 4 nitrogen and oxygen atoms in total. The molecule has 2 rings (SSSR count). The number of aliphatic carboxylic acids is 1. The van der Waals surface area contributed by atoms with Crippen LogP contribution in [0, 0.1) is 11.3 Å². The van der Waals surface area contributed by atoms with Crippen LogP contribution >= 0.6 is 34.8 Å². The molecular formula is C17H13Cl3N2O2. The maximum absolute atomic E-state index is 11.2. The molecule has 0 aliphatic rings. The van der Waals surface area contributed by atoms with Crippen molar-refractivity contribution >= 4 is 57.9 Å². The lowest BCUT2D eigenvalue weighted by atomic mass is 9.93. The van der Waals surface area contributed by atoms with Gasteiger partial charge in [-0.1, -0.05) is 53.9 Å². The quantitative estimate of drug-likeness (QED) is 0.668. The van der Waals surface area contributed by atoms with Gasteiger partial charge in [0, 0.05) is 16.0 Å². The summed E-state index contributed by atoms with van der Waals surface area (Å²) >= 11 is 17.9. The third kappa shape index (κ3) is 4.35. The van der Waals surface area contributed by atoms with Crippen LogP contribution in [0.2, 0.25) is 15.1 Å². The first-order valence-electron chi connectivity index (χ1n) is 6.91. The van der Waals surface area contributed by atoms with Gasteiger partial charge < -0.3 is 5.11 Å². The van der Waals surface area contributed by atoms with Gasteiger partial charge in [0.1, 0.15) is 5.71 Å². The van der Waals surface area contributed by atoms with E-state index in [4.69, 9.17) is 45.3 Å². The van der Waals surface area contributed by atoms with Crippen LogP contribution in [-0.2, 0) is 4.79 Å². The van der Waals surface area contributed by atoms with E-state index in [1.807, 2.05) is 0 Å². The zero-order valence-corrected chi connectivity index (χ0v) is 14.8. The third-order valence-electron chi connectivity index (χ3n) is 3.36. The third-order valence-corrected chi connectivity index (χ3v) is 4.15. The minimum Gasteiger partial charge on any atom is -0.477 e. The minimum atomic E-state index is -1.30. The summed E-state index contributed by atoms with van der Waals surface area (Å²) in [4.78, 5) is 15.6. The Kier molecular flexibility index (Phi) is 5.99. The number of hydrogen-bond acceptors (Lipinski definition) is 3. The Bertz CT molecular complexity index is 817. The van der Waals surface area contributed by atoms with Crippen molar-refractivity contribution in [1.82, 2.24) is 0 Å². The molecule has 0 bridgehead atoms. The van der Waals surface area contributed by atoms with Crippen molar-refractivity contribution in [1.29, 1.82) is 5.41 Å². The summed E-state index contributed by atoms with van der Waals surface area (Å²) in [7, 11) is 0. The number of aliphatic imine (C=N–C) groups is 1. The maximum atomic E-state index is 11.2. The van der Waals surface area contributed by atoms with Gasteiger partial charge >= 0.3 is 5.97 Å². The molecule has 0 aliphatic heterocycles. The number of nitrogens with one attached hydrogen (secondary N) is 1. The molecular weight excluding hydrogens is 371 g/mol. The molecule has 0 saturated heterocycles. The van der Waals surface area contributed by atoms with Crippen molar-refractivity contribution in [3.63, 3.8) is 0 Å². The van der Waals surface area contributed by atoms with Gasteiger partial charge in [-0.15, -0.1) is 0 Å². The Morgan fingerprint density at radius 3 is 2.21 bits per heavy atom. The van der Waals surface area contributed by atoms with Gasteiger partial charge in [-0.3, -0.25) is 10.4 Å². The highest BCUT2D eigenvalue weighted by atomic mass is 35.5. The second-order valence-electron chi connectivity index (χ2n) is 5.04. The van der Waals surface area contributed by atoms with Crippen molar-refractivity contribution in [3.05, 3.63) is 63.1 Å². The zero-order valence-electron chi connectivity index (χ0n) is 12.6. The standard InChI is InChI=1S/C17H13Cl3N2O2/c1-9(15(21)17(23)24)16(10-2-4-11(18)5-3-10)22-14-7-6-12(19)8-13(14)20/h2-9,21H,1H3,(H,23,24). The van der Waals surface area contributed by atoms with E-state index < -0.39 is 17.6 Å². The lowest BCUT2D eigenvalue weighted by molar-refractivity contribution is -0.129. The lowest BCUT2D eigenvalue weighted by Gasteiger charge is -2.15. The second kappa shape index (κ2) is 7.79. The van der Waals surface area contributed by atoms with Crippen LogP contribution in [0.4, 0.5) is 5.69 Å². The Morgan fingerprint density at radius 1 is 1.08 bits per heavy atom. The molecule has 24 heavy (non-hydrogen) atoms. The average molecular weight is 384 g/mol. The normalized spacial score (nSPS) is 12.8. The summed E-state index contributed by atoms with van der Waals surface area (Å²) in [6, 6.07) is 11.6. The second-order valence-corrected chi connectivity index (χ2v) is 6.32. The van der Waals surface area contributed by atoms with Crippen LogP contribution in [0.25, 0.3) is 0 Å². The van der Waals surface area contributed by atoms with Crippen LogP contribution < -0.4 is 0 Å². The lowest BCUT2D eigenvalue weighted by Crippen LogP contribution is -2.27. The van der Waals surface area contributed by atoms with E-state index in [0.29, 0.717) is 32.0 Å². The summed E-state index contributed by atoms with van der Waals surface area (Å²) in [6.45, 7) is 1.60. The molecule has 0 heterocycles. The van der Waals surface area contributed by atoms with Gasteiger partial charge in [0.25, 0.3) is 0 Å². The predicted octanol–water partition coefficient (Wildman–Crippen LogP) is 5.51. The molecule has 0 aliphatic carbocycles. The Hall–Kier alpha value is -1.88. The number of nitrogens with zero attached hydrogens (tertiary/aromatic N) is 1. The van der Waals surface area contributed by atoms with Gasteiger partial charge in [0.15, 0.2) is 0 Å². The minimum absolute atomic E-state index is 0.336. The number of carbonyl (C=O) groups is 1. The maximum Gasteiger partial charge on any atom is 0.350 e. The van der Waals surface area contributed by atoms with Crippen molar-refractivity contribution in [2.45, 2.75) is 6.92 Å². The molecule has 124 valence electrons. The molecule has 0 radical (unpaired) electrons. The summed E-state index contributed by atoms with van der Waals surface area (Å²) in [5.41, 5.74) is 1.04. The van der Waals surface area contributed by atoms with E-state index in [-0.39, 0.29) is 0 Å². The van der Waals surface area contributed by atoms with Gasteiger partial charge in [0.2, 0.25) is 0 Å². The van der Waals surface area contributed by atoms with Crippen molar-refractivity contribution < 1.29 is 9.90 Å². The van der Waals surface area contributed by atoms with E-state index in [1.54, 1.807) is 49.4 Å². The Balaban J connectivity index is 2.57. The number of hydrogen-bond donors (Lipinski definition) is 2. The average Bonchev–Trinajstić information content (AvgIpc) is 2.54. The smallest absolute Gasteiger partial charge is 0.350 e. The monoisotopic (exact) mass is 382 g/mol. The fourth-order valence-electron chi connectivity index (χ4n) is 2.06. The topological polar surface area (TPSA) is 73.5 Å². The van der Waals surface area contributed by atoms with Gasteiger partial charge in [-0.2, -0.15) is 0 Å². The fourth-order valence-corrected chi connectivity index (χ4v) is 2.63. The van der Waals surface area contributed by atoms with Crippen molar-refractivity contribution in [2.75, 3.05) is 0 Å². The molecule has 1 unspecified atom stereocenters. The van der Waals surface area contributed by atoms with Crippen LogP contribution in [-0.4, -0.2) is 22.5 Å². The van der Waals surface area contributed by atoms with Crippen LogP contribution in [0.5, 0.6) is 0 Å². The number of carboxylic acids is 1. The first-order chi connectivity index (χ1) is 11.3. The highest BCUT2D eigenvalue weighted by molar-refractivity contribution is 6.41. The number of carboxylic acid groups (broad SMARTS) is 1. The number of halogens is 3. The Labute approximate surface area is 154 Å². The van der Waals surface area contributed by atoms with E-state index in [1.165, 1.54) is 0 Å². The fraction of sp³-hybridized carbons (Fsp3) is 0.118. The summed E-state index contributed by atoms with van der Waals surface area (Å²) in [5.74, 6) is -2.04. The van der Waals surface area contributed by atoms with Crippen molar-refractivity contribution in [3.8, 4) is 0 Å². The molecule has 0 amide bonds. The summed E-state index contributed by atoms with van der Waals surface area (Å²) in [6.07, 6.45) is 0. The predicted molar refractivity (Wildman–Crippen MR) is 98.6 cm³/mol. The highest BCUT2D eigenvalue weighted by Crippen LogP contribution is 2.30. The first kappa shape index (κ1) is 18.5. The zero-order chi connectivity index (χ0) is 17.9. The SMILES string of the molecule is CC(C(=N)C(=O)O)C(=Nc1ccc(Cl)cc1Cl)c1ccc(Cl)cc1. The molecule has 0 aromatic heterocycles. The van der Waals surface area contributed by atoms with E-state index >= 15 is 0 Å². The summed E-state index contributed by atoms with van der Waals surface area (Å²) < 4.78 is 0. The van der Waals surface area contributed by atoms with E-state index in [2.05, 4.69) is 4.99 Å². The van der Waals surface area contributed by atoms with Crippen LogP contribution in [0.1, 0.15) is 12.5 Å². The van der Waals surface area contributed by atoms with Gasteiger partial charge in [-0.25, -0.2) is 4.79 Å². The van der Waals surface area contributed by atoms with Crippen molar-refractivity contribution in [2.24, 2.45) is 10.9 Å². The molecule has 0 spiro atoms. The Morgan fingerprint density at radius 2 is 1.67 bits per heavy atom. The van der Waals surface area contributed by atoms with E-state index in [9.17, 15) is 4.79 Å². The summed E-state index contributed by atoms with van der Waals surface area (Å²) in [5, 5.41) is 18.2. The van der Waals surface area contributed by atoms with Gasteiger partial charge in [0.05, 0.1) is 16.4 Å². The first-order valence-corrected chi connectivity index (χ1v) is 8.04. The molecule has 2 aromatic carbocycles.